The van der Waals surface area contributed by atoms with E-state index in [1.807, 2.05) is 0 Å². The summed E-state index contributed by atoms with van der Waals surface area (Å²) >= 11 is 0. The molecule has 0 spiro atoms. The van der Waals surface area contributed by atoms with Gasteiger partial charge in [0.15, 0.2) is 9.84 Å². The van der Waals surface area contributed by atoms with Gasteiger partial charge in [0.2, 0.25) is 0 Å². The minimum absolute atomic E-state index is 0.0690. The summed E-state index contributed by atoms with van der Waals surface area (Å²) in [5.41, 5.74) is 0.123. The van der Waals surface area contributed by atoms with Gasteiger partial charge >= 0.3 is 0 Å². The van der Waals surface area contributed by atoms with E-state index < -0.39 is 9.84 Å². The van der Waals surface area contributed by atoms with Crippen molar-refractivity contribution < 1.29 is 8.42 Å². The zero-order valence-electron chi connectivity index (χ0n) is 9.62. The molecular formula is C11H21NO2S. The SMILES string of the molecule is CC1(C)CC(C2CCCCS2(=O)=O)CN1. The van der Waals surface area contributed by atoms with E-state index in [0.29, 0.717) is 11.7 Å². The maximum atomic E-state index is 12.0. The molecule has 2 rings (SSSR count). The maximum absolute atomic E-state index is 12.0. The number of hydrogen-bond acceptors (Lipinski definition) is 3. The molecule has 0 saturated carbocycles. The zero-order chi connectivity index (χ0) is 11.1. The van der Waals surface area contributed by atoms with Crippen molar-refractivity contribution in [1.82, 2.24) is 5.32 Å². The van der Waals surface area contributed by atoms with Crippen molar-refractivity contribution in [3.63, 3.8) is 0 Å². The Morgan fingerprint density at radius 2 is 2.00 bits per heavy atom. The Labute approximate surface area is 92.6 Å². The number of rotatable bonds is 1. The molecule has 2 fully saturated rings. The molecule has 2 unspecified atom stereocenters. The highest BCUT2D eigenvalue weighted by Gasteiger charge is 2.41. The van der Waals surface area contributed by atoms with Gasteiger partial charge in [-0.2, -0.15) is 0 Å². The van der Waals surface area contributed by atoms with E-state index in [-0.39, 0.29) is 10.8 Å². The fourth-order valence-electron chi connectivity index (χ4n) is 2.98. The Kier molecular flexibility index (Phi) is 2.84. The van der Waals surface area contributed by atoms with Crippen molar-refractivity contribution >= 4 is 9.84 Å². The second-order valence-electron chi connectivity index (χ2n) is 5.63. The molecule has 2 atom stereocenters. The molecule has 0 bridgehead atoms. The van der Waals surface area contributed by atoms with Gasteiger partial charge in [0, 0.05) is 5.54 Å². The first-order valence-corrected chi connectivity index (χ1v) is 7.59. The average molecular weight is 231 g/mol. The first kappa shape index (κ1) is 11.4. The van der Waals surface area contributed by atoms with Crippen LogP contribution in [0.5, 0.6) is 0 Å². The van der Waals surface area contributed by atoms with Crippen molar-refractivity contribution in [2.75, 3.05) is 12.3 Å². The topological polar surface area (TPSA) is 46.2 Å². The fraction of sp³-hybridized carbons (Fsp3) is 1.00. The van der Waals surface area contributed by atoms with Gasteiger partial charge in [0.05, 0.1) is 11.0 Å². The van der Waals surface area contributed by atoms with Gasteiger partial charge in [-0.25, -0.2) is 8.42 Å². The quantitative estimate of drug-likeness (QED) is 0.741. The van der Waals surface area contributed by atoms with Crippen molar-refractivity contribution in [2.24, 2.45) is 5.92 Å². The van der Waals surface area contributed by atoms with E-state index in [4.69, 9.17) is 0 Å². The second-order valence-corrected chi connectivity index (χ2v) is 7.97. The molecule has 3 nitrogen and oxygen atoms in total. The van der Waals surface area contributed by atoms with E-state index >= 15 is 0 Å². The van der Waals surface area contributed by atoms with Gasteiger partial charge in [-0.15, -0.1) is 0 Å². The molecule has 0 amide bonds. The molecular weight excluding hydrogens is 210 g/mol. The van der Waals surface area contributed by atoms with Gasteiger partial charge in [-0.1, -0.05) is 6.42 Å². The van der Waals surface area contributed by atoms with Gasteiger partial charge in [-0.3, -0.25) is 0 Å². The number of hydrogen-bond donors (Lipinski definition) is 1. The van der Waals surface area contributed by atoms with Crippen LogP contribution in [0, 0.1) is 5.92 Å². The highest BCUT2D eigenvalue weighted by Crippen LogP contribution is 2.34. The van der Waals surface area contributed by atoms with Crippen LogP contribution in [0.2, 0.25) is 0 Å². The van der Waals surface area contributed by atoms with Gasteiger partial charge in [0.25, 0.3) is 0 Å². The monoisotopic (exact) mass is 231 g/mol. The summed E-state index contributed by atoms with van der Waals surface area (Å²) in [6.45, 7) is 5.18. The molecule has 0 aromatic rings. The molecule has 0 aliphatic carbocycles. The van der Waals surface area contributed by atoms with Crippen LogP contribution in [-0.4, -0.2) is 31.5 Å². The van der Waals surface area contributed by atoms with Crippen molar-refractivity contribution in [2.45, 2.75) is 50.3 Å². The van der Waals surface area contributed by atoms with Crippen LogP contribution in [0.25, 0.3) is 0 Å². The summed E-state index contributed by atoms with van der Waals surface area (Å²) < 4.78 is 23.9. The summed E-state index contributed by atoms with van der Waals surface area (Å²) in [6, 6.07) is 0. The Bertz CT molecular complexity index is 334. The molecule has 15 heavy (non-hydrogen) atoms. The third kappa shape index (κ3) is 2.36. The third-order valence-electron chi connectivity index (χ3n) is 3.77. The summed E-state index contributed by atoms with van der Waals surface area (Å²) in [5, 5.41) is 3.35. The van der Waals surface area contributed by atoms with E-state index in [9.17, 15) is 8.42 Å². The van der Waals surface area contributed by atoms with Gasteiger partial charge in [0.1, 0.15) is 0 Å². The summed E-state index contributed by atoms with van der Waals surface area (Å²) in [5.74, 6) is 0.750. The van der Waals surface area contributed by atoms with Crippen LogP contribution in [-0.2, 0) is 9.84 Å². The molecule has 0 aromatic carbocycles. The molecule has 2 aliphatic rings. The minimum atomic E-state index is -2.80. The Morgan fingerprint density at radius 1 is 1.27 bits per heavy atom. The largest absolute Gasteiger partial charge is 0.311 e. The summed E-state index contributed by atoms with van der Waals surface area (Å²) in [4.78, 5) is 0. The second kappa shape index (κ2) is 3.74. The molecule has 2 saturated heterocycles. The van der Waals surface area contributed by atoms with Crippen molar-refractivity contribution in [3.05, 3.63) is 0 Å². The molecule has 2 aliphatic heterocycles. The first-order chi connectivity index (χ1) is 6.91. The predicted molar refractivity (Wildman–Crippen MR) is 61.6 cm³/mol. The van der Waals surface area contributed by atoms with E-state index in [1.165, 1.54) is 0 Å². The van der Waals surface area contributed by atoms with E-state index in [2.05, 4.69) is 19.2 Å². The lowest BCUT2D eigenvalue weighted by Crippen LogP contribution is -2.36. The highest BCUT2D eigenvalue weighted by molar-refractivity contribution is 7.92. The Balaban J connectivity index is 2.11. The molecule has 1 N–H and O–H groups in total. The lowest BCUT2D eigenvalue weighted by molar-refractivity contribution is 0.414. The molecule has 0 radical (unpaired) electrons. The predicted octanol–water partition coefficient (Wildman–Crippen LogP) is 1.34. The minimum Gasteiger partial charge on any atom is -0.311 e. The molecule has 88 valence electrons. The standard InChI is InChI=1S/C11H21NO2S/c1-11(2)7-9(8-12-11)10-5-3-4-6-15(10,13)14/h9-10,12H,3-8H2,1-2H3. The van der Waals surface area contributed by atoms with Crippen LogP contribution >= 0.6 is 0 Å². The van der Waals surface area contributed by atoms with E-state index in [1.54, 1.807) is 0 Å². The van der Waals surface area contributed by atoms with Crippen LogP contribution in [0.3, 0.4) is 0 Å². The first-order valence-electron chi connectivity index (χ1n) is 5.87. The van der Waals surface area contributed by atoms with Crippen LogP contribution in [0.15, 0.2) is 0 Å². The normalized spacial score (nSPS) is 39.1. The highest BCUT2D eigenvalue weighted by atomic mass is 32.2. The third-order valence-corrected chi connectivity index (χ3v) is 6.17. The number of sulfone groups is 1. The van der Waals surface area contributed by atoms with Crippen LogP contribution in [0.4, 0.5) is 0 Å². The van der Waals surface area contributed by atoms with E-state index in [0.717, 1.165) is 32.2 Å². The van der Waals surface area contributed by atoms with Gasteiger partial charge < -0.3 is 5.32 Å². The summed E-state index contributed by atoms with van der Waals surface area (Å²) in [7, 11) is -2.80. The Hall–Kier alpha value is -0.0900. The van der Waals surface area contributed by atoms with Crippen LogP contribution in [0.1, 0.15) is 39.5 Å². The maximum Gasteiger partial charge on any atom is 0.153 e. The fourth-order valence-corrected chi connectivity index (χ4v) is 5.19. The summed E-state index contributed by atoms with van der Waals surface area (Å²) in [6.07, 6.45) is 3.82. The zero-order valence-corrected chi connectivity index (χ0v) is 10.4. The van der Waals surface area contributed by atoms with Crippen molar-refractivity contribution in [1.29, 1.82) is 0 Å². The molecule has 2 heterocycles. The van der Waals surface area contributed by atoms with Crippen LogP contribution < -0.4 is 5.32 Å². The van der Waals surface area contributed by atoms with Gasteiger partial charge in [-0.05, 0) is 45.6 Å². The Morgan fingerprint density at radius 3 is 2.53 bits per heavy atom. The smallest absolute Gasteiger partial charge is 0.153 e. The lowest BCUT2D eigenvalue weighted by Gasteiger charge is -2.27. The molecule has 4 heteroatoms. The average Bonchev–Trinajstić information content (AvgIpc) is 2.45. The number of nitrogens with one attached hydrogen (secondary N) is 1. The van der Waals surface area contributed by atoms with Crippen molar-refractivity contribution in [3.8, 4) is 0 Å². The lowest BCUT2D eigenvalue weighted by atomic mass is 9.92. The molecule has 0 aromatic heterocycles.